The summed E-state index contributed by atoms with van der Waals surface area (Å²) in [6.45, 7) is 8.18. The maximum absolute atomic E-state index is 12.0. The molecule has 2 unspecified atom stereocenters. The smallest absolute Gasteiger partial charge is 0.251 e. The lowest BCUT2D eigenvalue weighted by molar-refractivity contribution is -0.140. The fraction of sp³-hybridized carbons (Fsp3) is 0.923. The number of ether oxygens (including phenoxy) is 1. The molecule has 16 heavy (non-hydrogen) atoms. The Hall–Kier alpha value is -0.570. The van der Waals surface area contributed by atoms with Gasteiger partial charge in [-0.1, -0.05) is 13.8 Å². The van der Waals surface area contributed by atoms with Gasteiger partial charge in [-0.05, 0) is 38.0 Å². The van der Waals surface area contributed by atoms with Crippen LogP contribution in [0.2, 0.25) is 0 Å². The Morgan fingerprint density at radius 1 is 1.25 bits per heavy atom. The molecular formula is C13H25NO2. The molecule has 1 rings (SSSR count). The van der Waals surface area contributed by atoms with Gasteiger partial charge >= 0.3 is 0 Å². The van der Waals surface area contributed by atoms with Crippen LogP contribution in [0.3, 0.4) is 0 Å². The van der Waals surface area contributed by atoms with Crippen molar-refractivity contribution >= 4 is 5.91 Å². The van der Waals surface area contributed by atoms with Crippen LogP contribution < -0.4 is 0 Å². The Morgan fingerprint density at radius 2 is 1.94 bits per heavy atom. The average molecular weight is 227 g/mol. The maximum Gasteiger partial charge on any atom is 0.251 e. The summed E-state index contributed by atoms with van der Waals surface area (Å²) in [7, 11) is 1.59. The molecule has 0 N–H and O–H groups in total. The van der Waals surface area contributed by atoms with Gasteiger partial charge in [-0.2, -0.15) is 0 Å². The second-order valence-corrected chi connectivity index (χ2v) is 5.14. The van der Waals surface area contributed by atoms with Crippen LogP contribution in [0.4, 0.5) is 0 Å². The van der Waals surface area contributed by atoms with E-state index < -0.39 is 0 Å². The van der Waals surface area contributed by atoms with Gasteiger partial charge in [0.25, 0.3) is 5.91 Å². The van der Waals surface area contributed by atoms with Gasteiger partial charge in [0.05, 0.1) is 0 Å². The predicted molar refractivity (Wildman–Crippen MR) is 65.2 cm³/mol. The minimum Gasteiger partial charge on any atom is -0.372 e. The molecule has 3 nitrogen and oxygen atoms in total. The van der Waals surface area contributed by atoms with Crippen LogP contribution in [0.25, 0.3) is 0 Å². The lowest BCUT2D eigenvalue weighted by Gasteiger charge is -2.24. The minimum atomic E-state index is -0.296. The summed E-state index contributed by atoms with van der Waals surface area (Å²) < 4.78 is 5.09. The molecule has 2 atom stereocenters. The highest BCUT2D eigenvalue weighted by Gasteiger charge is 2.24. The number of carbonyl (C=O) groups excluding carboxylic acids is 1. The quantitative estimate of drug-likeness (QED) is 0.740. The van der Waals surface area contributed by atoms with Crippen LogP contribution >= 0.6 is 0 Å². The van der Waals surface area contributed by atoms with Crippen LogP contribution in [-0.2, 0) is 9.53 Å². The number of carbonyl (C=O) groups is 1. The Labute approximate surface area is 99.1 Å². The van der Waals surface area contributed by atoms with E-state index >= 15 is 0 Å². The number of hydrogen-bond donors (Lipinski definition) is 0. The van der Waals surface area contributed by atoms with Crippen molar-refractivity contribution in [2.75, 3.05) is 20.2 Å². The van der Waals surface area contributed by atoms with Crippen LogP contribution in [0.1, 0.15) is 40.0 Å². The first-order valence-electron chi connectivity index (χ1n) is 6.37. The molecule has 1 heterocycles. The fourth-order valence-corrected chi connectivity index (χ4v) is 2.37. The summed E-state index contributed by atoms with van der Waals surface area (Å²) in [5.74, 6) is 1.65. The van der Waals surface area contributed by atoms with Gasteiger partial charge in [0, 0.05) is 20.2 Å². The number of amides is 1. The zero-order valence-corrected chi connectivity index (χ0v) is 11.0. The fourth-order valence-electron chi connectivity index (χ4n) is 2.37. The van der Waals surface area contributed by atoms with Crippen molar-refractivity contribution in [3.05, 3.63) is 0 Å². The molecular weight excluding hydrogens is 202 g/mol. The van der Waals surface area contributed by atoms with Crippen LogP contribution in [-0.4, -0.2) is 37.1 Å². The molecule has 0 saturated carbocycles. The van der Waals surface area contributed by atoms with Crippen molar-refractivity contribution in [2.24, 2.45) is 11.8 Å². The standard InChI is InChI=1S/C13H25NO2/c1-10(2)12-6-5-8-14(9-7-12)13(15)11(3)16-4/h10-12H,5-9H2,1-4H3. The van der Waals surface area contributed by atoms with E-state index in [4.69, 9.17) is 4.74 Å². The molecule has 1 aliphatic rings. The average Bonchev–Trinajstić information content (AvgIpc) is 2.52. The van der Waals surface area contributed by atoms with E-state index in [1.807, 2.05) is 11.8 Å². The van der Waals surface area contributed by atoms with Gasteiger partial charge in [0.15, 0.2) is 0 Å². The monoisotopic (exact) mass is 227 g/mol. The Balaban J connectivity index is 2.50. The molecule has 3 heteroatoms. The summed E-state index contributed by atoms with van der Waals surface area (Å²) in [5.41, 5.74) is 0. The van der Waals surface area contributed by atoms with E-state index in [-0.39, 0.29) is 12.0 Å². The second-order valence-electron chi connectivity index (χ2n) is 5.14. The van der Waals surface area contributed by atoms with Crippen molar-refractivity contribution in [1.82, 2.24) is 4.90 Å². The molecule has 0 radical (unpaired) electrons. The summed E-state index contributed by atoms with van der Waals surface area (Å²) in [6, 6.07) is 0. The van der Waals surface area contributed by atoms with Gasteiger partial charge in [-0.15, -0.1) is 0 Å². The Kier molecular flexibility index (Phi) is 5.26. The molecule has 0 spiro atoms. The number of methoxy groups -OCH3 is 1. The van der Waals surface area contributed by atoms with Crippen molar-refractivity contribution in [2.45, 2.75) is 46.1 Å². The summed E-state index contributed by atoms with van der Waals surface area (Å²) in [5, 5.41) is 0. The van der Waals surface area contributed by atoms with Gasteiger partial charge in [0.1, 0.15) is 6.10 Å². The zero-order valence-electron chi connectivity index (χ0n) is 11.0. The van der Waals surface area contributed by atoms with Crippen molar-refractivity contribution in [1.29, 1.82) is 0 Å². The first-order chi connectivity index (χ1) is 7.56. The van der Waals surface area contributed by atoms with Gasteiger partial charge in [-0.25, -0.2) is 0 Å². The number of hydrogen-bond acceptors (Lipinski definition) is 2. The van der Waals surface area contributed by atoms with E-state index in [1.54, 1.807) is 7.11 Å². The molecule has 1 saturated heterocycles. The lowest BCUT2D eigenvalue weighted by Crippen LogP contribution is -2.39. The van der Waals surface area contributed by atoms with Crippen LogP contribution in [0.15, 0.2) is 0 Å². The third kappa shape index (κ3) is 3.48. The maximum atomic E-state index is 12.0. The van der Waals surface area contributed by atoms with Gasteiger partial charge < -0.3 is 9.64 Å². The lowest BCUT2D eigenvalue weighted by atomic mass is 9.89. The van der Waals surface area contributed by atoms with E-state index in [0.29, 0.717) is 0 Å². The molecule has 1 amide bonds. The highest BCUT2D eigenvalue weighted by atomic mass is 16.5. The molecule has 0 aliphatic carbocycles. The predicted octanol–water partition coefficient (Wildman–Crippen LogP) is 2.31. The first-order valence-corrected chi connectivity index (χ1v) is 6.37. The molecule has 0 bridgehead atoms. The molecule has 1 fully saturated rings. The first kappa shape index (κ1) is 13.5. The van der Waals surface area contributed by atoms with Crippen LogP contribution in [0, 0.1) is 11.8 Å². The number of rotatable bonds is 3. The Morgan fingerprint density at radius 3 is 2.50 bits per heavy atom. The van der Waals surface area contributed by atoms with Crippen molar-refractivity contribution < 1.29 is 9.53 Å². The molecule has 94 valence electrons. The molecule has 0 aromatic rings. The Bertz CT molecular complexity index is 228. The van der Waals surface area contributed by atoms with Gasteiger partial charge in [-0.3, -0.25) is 4.79 Å². The third-order valence-electron chi connectivity index (χ3n) is 3.73. The topological polar surface area (TPSA) is 29.5 Å². The second kappa shape index (κ2) is 6.24. The number of likely N-dealkylation sites (tertiary alicyclic amines) is 1. The van der Waals surface area contributed by atoms with Gasteiger partial charge in [0.2, 0.25) is 0 Å². The normalized spacial score (nSPS) is 24.3. The molecule has 0 aromatic carbocycles. The highest BCUT2D eigenvalue weighted by Crippen LogP contribution is 2.24. The molecule has 0 aromatic heterocycles. The zero-order chi connectivity index (χ0) is 12.1. The van der Waals surface area contributed by atoms with Crippen molar-refractivity contribution in [3.63, 3.8) is 0 Å². The number of nitrogens with zero attached hydrogens (tertiary/aromatic N) is 1. The summed E-state index contributed by atoms with van der Waals surface area (Å²) in [4.78, 5) is 13.9. The summed E-state index contributed by atoms with van der Waals surface area (Å²) in [6.07, 6.45) is 3.23. The SMILES string of the molecule is COC(C)C(=O)N1CCCC(C(C)C)CC1. The largest absolute Gasteiger partial charge is 0.372 e. The van der Waals surface area contributed by atoms with E-state index in [1.165, 1.54) is 6.42 Å². The highest BCUT2D eigenvalue weighted by molar-refractivity contribution is 5.80. The van der Waals surface area contributed by atoms with E-state index in [9.17, 15) is 4.79 Å². The van der Waals surface area contributed by atoms with Crippen LogP contribution in [0.5, 0.6) is 0 Å². The van der Waals surface area contributed by atoms with Crippen molar-refractivity contribution in [3.8, 4) is 0 Å². The van der Waals surface area contributed by atoms with E-state index in [2.05, 4.69) is 13.8 Å². The minimum absolute atomic E-state index is 0.145. The molecule has 1 aliphatic heterocycles. The third-order valence-corrected chi connectivity index (χ3v) is 3.73. The summed E-state index contributed by atoms with van der Waals surface area (Å²) >= 11 is 0. The van der Waals surface area contributed by atoms with E-state index in [0.717, 1.165) is 37.8 Å².